The second-order valence-corrected chi connectivity index (χ2v) is 4.36. The molecule has 3 aromatic rings. The summed E-state index contributed by atoms with van der Waals surface area (Å²) in [5.74, 6) is 1.63. The fourth-order valence-corrected chi connectivity index (χ4v) is 2.05. The molecule has 0 aliphatic heterocycles. The highest BCUT2D eigenvalue weighted by Gasteiger charge is 2.09. The minimum absolute atomic E-state index is 0.455. The molecule has 2 heterocycles. The minimum atomic E-state index is 0.455. The summed E-state index contributed by atoms with van der Waals surface area (Å²) in [6.45, 7) is 1.99. The van der Waals surface area contributed by atoms with Crippen LogP contribution in [0.25, 0.3) is 10.9 Å². The van der Waals surface area contributed by atoms with Gasteiger partial charge >= 0.3 is 0 Å². The molecule has 0 fully saturated rings. The number of aromatic nitrogens is 3. The van der Waals surface area contributed by atoms with Crippen LogP contribution in [0, 0.1) is 0 Å². The maximum atomic E-state index is 5.83. The summed E-state index contributed by atoms with van der Waals surface area (Å²) in [5.41, 5.74) is 7.53. The van der Waals surface area contributed by atoms with Crippen LogP contribution in [0.15, 0.2) is 42.9 Å². The van der Waals surface area contributed by atoms with Crippen LogP contribution in [0.1, 0.15) is 12.5 Å². The van der Waals surface area contributed by atoms with E-state index < -0.39 is 0 Å². The lowest BCUT2D eigenvalue weighted by Crippen LogP contribution is -2.01. The maximum Gasteiger partial charge on any atom is 0.227 e. The van der Waals surface area contributed by atoms with Gasteiger partial charge in [0, 0.05) is 17.6 Å². The van der Waals surface area contributed by atoms with Crippen LogP contribution in [0.3, 0.4) is 0 Å². The monoisotopic (exact) mass is 266 g/mol. The average molecular weight is 266 g/mol. The number of hydrogen-bond donors (Lipinski definition) is 1. The zero-order chi connectivity index (χ0) is 13.9. The normalized spacial score (nSPS) is 10.7. The van der Waals surface area contributed by atoms with Gasteiger partial charge in [0.15, 0.2) is 0 Å². The number of nitrogens with two attached hydrogens (primary N) is 1. The Morgan fingerprint density at radius 3 is 2.90 bits per heavy atom. The van der Waals surface area contributed by atoms with E-state index in [0.29, 0.717) is 23.9 Å². The number of ether oxygens (including phenoxy) is 1. The van der Waals surface area contributed by atoms with Crippen molar-refractivity contribution in [2.24, 2.45) is 0 Å². The Bertz CT molecular complexity index is 758. The molecular weight excluding hydrogens is 252 g/mol. The molecule has 3 rings (SSSR count). The Labute approximate surface area is 116 Å². The van der Waals surface area contributed by atoms with Gasteiger partial charge in [0.1, 0.15) is 17.9 Å². The summed E-state index contributed by atoms with van der Waals surface area (Å²) in [6, 6.07) is 9.65. The van der Waals surface area contributed by atoms with Crippen molar-refractivity contribution < 1.29 is 4.74 Å². The molecule has 2 N–H and O–H groups in total. The third kappa shape index (κ3) is 2.25. The van der Waals surface area contributed by atoms with Gasteiger partial charge in [-0.2, -0.15) is 0 Å². The van der Waals surface area contributed by atoms with Gasteiger partial charge in [0.25, 0.3) is 0 Å². The topological polar surface area (TPSA) is 73.9 Å². The molecule has 1 aromatic carbocycles. The largest absolute Gasteiger partial charge is 0.438 e. The summed E-state index contributed by atoms with van der Waals surface area (Å²) >= 11 is 0. The lowest BCUT2D eigenvalue weighted by atomic mass is 10.2. The number of pyridine rings is 1. The quantitative estimate of drug-likeness (QED) is 0.788. The van der Waals surface area contributed by atoms with Crippen LogP contribution < -0.4 is 10.5 Å². The van der Waals surface area contributed by atoms with Gasteiger partial charge in [-0.15, -0.1) is 0 Å². The molecule has 0 radical (unpaired) electrons. The first-order valence-electron chi connectivity index (χ1n) is 6.40. The second-order valence-electron chi connectivity index (χ2n) is 4.36. The van der Waals surface area contributed by atoms with Crippen molar-refractivity contribution in [2.75, 3.05) is 5.73 Å². The number of hydrogen-bond acceptors (Lipinski definition) is 5. The van der Waals surface area contributed by atoms with Crippen molar-refractivity contribution in [2.45, 2.75) is 13.3 Å². The highest BCUT2D eigenvalue weighted by atomic mass is 16.5. The molecule has 20 heavy (non-hydrogen) atoms. The van der Waals surface area contributed by atoms with Gasteiger partial charge in [-0.25, -0.2) is 9.97 Å². The summed E-state index contributed by atoms with van der Waals surface area (Å²) in [5, 5.41) is 1.07. The second kappa shape index (κ2) is 5.13. The first-order chi connectivity index (χ1) is 9.78. The molecule has 5 heteroatoms. The predicted molar refractivity (Wildman–Crippen MR) is 77.6 cm³/mol. The van der Waals surface area contributed by atoms with E-state index in [1.54, 1.807) is 6.20 Å². The molecule has 0 saturated heterocycles. The first-order valence-corrected chi connectivity index (χ1v) is 6.40. The Kier molecular flexibility index (Phi) is 3.16. The molecule has 2 aromatic heterocycles. The molecule has 0 atom stereocenters. The molecule has 0 spiro atoms. The smallest absolute Gasteiger partial charge is 0.227 e. The Morgan fingerprint density at radius 1 is 1.15 bits per heavy atom. The van der Waals surface area contributed by atoms with Crippen LogP contribution in [0.4, 0.5) is 5.82 Å². The predicted octanol–water partition coefficient (Wildman–Crippen LogP) is 2.96. The van der Waals surface area contributed by atoms with Crippen molar-refractivity contribution in [3.63, 3.8) is 0 Å². The highest BCUT2D eigenvalue weighted by molar-refractivity contribution is 5.79. The number of fused-ring (bicyclic) bond motifs is 1. The summed E-state index contributed by atoms with van der Waals surface area (Å²) in [7, 11) is 0. The van der Waals surface area contributed by atoms with Crippen molar-refractivity contribution in [1.29, 1.82) is 0 Å². The lowest BCUT2D eigenvalue weighted by molar-refractivity contribution is 0.456. The van der Waals surface area contributed by atoms with Crippen LogP contribution in [0.5, 0.6) is 11.6 Å². The Morgan fingerprint density at radius 2 is 2.05 bits per heavy atom. The van der Waals surface area contributed by atoms with Crippen LogP contribution in [-0.2, 0) is 6.42 Å². The van der Waals surface area contributed by atoms with E-state index in [4.69, 9.17) is 10.5 Å². The minimum Gasteiger partial charge on any atom is -0.438 e. The van der Waals surface area contributed by atoms with Gasteiger partial charge < -0.3 is 10.5 Å². The van der Waals surface area contributed by atoms with Gasteiger partial charge in [0.2, 0.25) is 5.88 Å². The Hall–Kier alpha value is -2.69. The first kappa shape index (κ1) is 12.3. The van der Waals surface area contributed by atoms with E-state index in [0.717, 1.165) is 16.5 Å². The van der Waals surface area contributed by atoms with E-state index in [1.807, 2.05) is 37.3 Å². The summed E-state index contributed by atoms with van der Waals surface area (Å²) < 4.78 is 5.82. The molecule has 0 aliphatic carbocycles. The average Bonchev–Trinajstić information content (AvgIpc) is 2.47. The van der Waals surface area contributed by atoms with Crippen molar-refractivity contribution in [3.05, 3.63) is 48.4 Å². The zero-order valence-corrected chi connectivity index (χ0v) is 11.1. The summed E-state index contributed by atoms with van der Waals surface area (Å²) in [4.78, 5) is 12.4. The van der Waals surface area contributed by atoms with Gasteiger partial charge in [-0.1, -0.05) is 13.0 Å². The number of rotatable bonds is 3. The zero-order valence-electron chi connectivity index (χ0n) is 11.1. The SMILES string of the molecule is CCc1c(N)ncnc1Oc1ccc2cccnc2c1. The fraction of sp³-hybridized carbons (Fsp3) is 0.133. The molecule has 5 nitrogen and oxygen atoms in total. The molecule has 0 unspecified atom stereocenters. The van der Waals surface area contributed by atoms with E-state index >= 15 is 0 Å². The molecule has 100 valence electrons. The van der Waals surface area contributed by atoms with Crippen molar-refractivity contribution >= 4 is 16.7 Å². The molecule has 0 aliphatic rings. The summed E-state index contributed by atoms with van der Waals surface area (Å²) in [6.07, 6.45) is 3.88. The van der Waals surface area contributed by atoms with Crippen LogP contribution >= 0.6 is 0 Å². The van der Waals surface area contributed by atoms with E-state index in [2.05, 4.69) is 15.0 Å². The fourth-order valence-electron chi connectivity index (χ4n) is 2.05. The van der Waals surface area contributed by atoms with E-state index in [-0.39, 0.29) is 0 Å². The van der Waals surface area contributed by atoms with Crippen molar-refractivity contribution in [1.82, 2.24) is 15.0 Å². The third-order valence-corrected chi connectivity index (χ3v) is 3.08. The highest BCUT2D eigenvalue weighted by Crippen LogP contribution is 2.27. The van der Waals surface area contributed by atoms with E-state index in [1.165, 1.54) is 6.33 Å². The van der Waals surface area contributed by atoms with Gasteiger partial charge in [-0.05, 0) is 24.6 Å². The van der Waals surface area contributed by atoms with Crippen LogP contribution in [0.2, 0.25) is 0 Å². The maximum absolute atomic E-state index is 5.83. The van der Waals surface area contributed by atoms with E-state index in [9.17, 15) is 0 Å². The molecule has 0 amide bonds. The molecule has 0 bridgehead atoms. The number of nitrogen functional groups attached to an aromatic ring is 1. The third-order valence-electron chi connectivity index (χ3n) is 3.08. The van der Waals surface area contributed by atoms with Crippen molar-refractivity contribution in [3.8, 4) is 11.6 Å². The number of anilines is 1. The lowest BCUT2D eigenvalue weighted by Gasteiger charge is -2.10. The molecular formula is C15H14N4O. The Balaban J connectivity index is 1.99. The van der Waals surface area contributed by atoms with Crippen LogP contribution in [-0.4, -0.2) is 15.0 Å². The molecule has 0 saturated carbocycles. The van der Waals surface area contributed by atoms with Gasteiger partial charge in [0.05, 0.1) is 11.1 Å². The number of benzene rings is 1. The van der Waals surface area contributed by atoms with Gasteiger partial charge in [-0.3, -0.25) is 4.98 Å². The number of nitrogens with zero attached hydrogens (tertiary/aromatic N) is 3. The standard InChI is InChI=1S/C15H14N4O/c1-2-12-14(16)18-9-19-15(12)20-11-6-5-10-4-3-7-17-13(10)8-11/h3-9H,2H2,1H3,(H2,16,18,19).